The Bertz CT molecular complexity index is 1880. The van der Waals surface area contributed by atoms with E-state index in [0.29, 0.717) is 28.3 Å². The first kappa shape index (κ1) is 36.7. The van der Waals surface area contributed by atoms with Gasteiger partial charge in [0.1, 0.15) is 11.5 Å². The van der Waals surface area contributed by atoms with Crippen LogP contribution in [-0.4, -0.2) is 61.2 Å². The summed E-state index contributed by atoms with van der Waals surface area (Å²) in [5.74, 6) is 0.728. The Kier molecular flexibility index (Phi) is 13.9. The van der Waals surface area contributed by atoms with Gasteiger partial charge in [-0.2, -0.15) is 0 Å². The van der Waals surface area contributed by atoms with Crippen LogP contribution in [0.15, 0.2) is 120 Å². The normalized spacial score (nSPS) is 12.5. The molecule has 2 amide bonds. The summed E-state index contributed by atoms with van der Waals surface area (Å²) >= 11 is 0. The molecule has 1 aliphatic heterocycles. The van der Waals surface area contributed by atoms with Crippen molar-refractivity contribution in [3.63, 3.8) is 0 Å². The number of ketones is 1. The summed E-state index contributed by atoms with van der Waals surface area (Å²) in [7, 11) is 2.15. The van der Waals surface area contributed by atoms with Crippen LogP contribution in [-0.2, 0) is 16.0 Å². The lowest BCUT2D eigenvalue weighted by molar-refractivity contribution is -0.384. The van der Waals surface area contributed by atoms with E-state index in [1.807, 2.05) is 48.5 Å². The number of carbonyl (C=O) groups excluding carboxylic acids is 3. The van der Waals surface area contributed by atoms with Gasteiger partial charge in [0.05, 0.1) is 17.0 Å². The molecule has 1 aliphatic rings. The fourth-order valence-corrected chi connectivity index (χ4v) is 4.98. The first-order valence-corrected chi connectivity index (χ1v) is 15.9. The molecule has 0 radical (unpaired) electrons. The van der Waals surface area contributed by atoms with Crippen LogP contribution < -0.4 is 16.4 Å². The molecule has 6 rings (SSSR count). The molecule has 4 aromatic carbocycles. The second kappa shape index (κ2) is 19.0. The van der Waals surface area contributed by atoms with Gasteiger partial charge in [-0.3, -0.25) is 24.5 Å². The number of furan rings is 1. The number of hydrogen-bond donors (Lipinski definition) is 3. The highest BCUT2D eigenvalue weighted by Gasteiger charge is 2.16. The Balaban J connectivity index is 0.000000488. The first-order chi connectivity index (χ1) is 24.3. The van der Waals surface area contributed by atoms with E-state index in [-0.39, 0.29) is 30.2 Å². The van der Waals surface area contributed by atoms with E-state index in [9.17, 15) is 19.7 Å². The highest BCUT2D eigenvalue weighted by atomic mass is 16.6. The summed E-state index contributed by atoms with van der Waals surface area (Å²) in [5.41, 5.74) is 7.84. The number of nitrogens with one attached hydrogen (secondary N) is 2. The predicted molar refractivity (Wildman–Crippen MR) is 195 cm³/mol. The number of likely N-dealkylation sites (N-methyl/N-ethyl adjacent to an activating group) is 1. The van der Waals surface area contributed by atoms with Crippen LogP contribution in [0.2, 0.25) is 0 Å². The number of nitrogens with zero attached hydrogens (tertiary/aromatic N) is 2. The minimum atomic E-state index is -0.448. The molecule has 0 saturated carbocycles. The standard InChI is InChI=1S/C33H24N2O5.C5H12N2.CH3NO/c36-32(22-23-7-3-1-4-8-23)34-30-19-12-24(21-29(30)33(37)26-9-5-2-6-10-26)11-17-28-18-20-31(40-28)25-13-15-27(16-14-25)35(38)39;1-7-4-2-6-3-5-7;2-1-3/h1-21H,22H2,(H,34,36);6H,2-5H2,1H3;1H,(H2,2,3)/b17-11+;;. The maximum Gasteiger partial charge on any atom is 0.269 e. The smallest absolute Gasteiger partial charge is 0.269 e. The average Bonchev–Trinajstić information content (AvgIpc) is 3.62. The van der Waals surface area contributed by atoms with Crippen molar-refractivity contribution < 1.29 is 23.7 Å². The Morgan fingerprint density at radius 3 is 2.14 bits per heavy atom. The highest BCUT2D eigenvalue weighted by molar-refractivity contribution is 6.14. The fraction of sp³-hybridized carbons (Fsp3) is 0.154. The zero-order chi connectivity index (χ0) is 35.7. The van der Waals surface area contributed by atoms with E-state index in [1.165, 1.54) is 25.2 Å². The minimum Gasteiger partial charge on any atom is -0.457 e. The van der Waals surface area contributed by atoms with Crippen molar-refractivity contribution in [3.8, 4) is 11.3 Å². The molecule has 5 aromatic rings. The molecule has 1 saturated heterocycles. The molecule has 4 N–H and O–H groups in total. The molecular weight excluding hydrogens is 634 g/mol. The van der Waals surface area contributed by atoms with E-state index in [4.69, 9.17) is 9.21 Å². The van der Waals surface area contributed by atoms with E-state index in [0.717, 1.165) is 29.8 Å². The minimum absolute atomic E-state index is 0.0102. The molecule has 2 heterocycles. The van der Waals surface area contributed by atoms with Crippen molar-refractivity contribution in [2.75, 3.05) is 38.5 Å². The number of nitrogens with two attached hydrogens (primary N) is 1. The largest absolute Gasteiger partial charge is 0.457 e. The highest BCUT2D eigenvalue weighted by Crippen LogP contribution is 2.27. The third kappa shape index (κ3) is 11.2. The van der Waals surface area contributed by atoms with Crippen LogP contribution in [0.1, 0.15) is 32.8 Å². The number of piperazine rings is 1. The van der Waals surface area contributed by atoms with E-state index in [2.05, 4.69) is 28.3 Å². The van der Waals surface area contributed by atoms with Crippen molar-refractivity contribution in [1.82, 2.24) is 10.2 Å². The van der Waals surface area contributed by atoms with Gasteiger partial charge in [0.2, 0.25) is 12.3 Å². The number of rotatable bonds is 9. The summed E-state index contributed by atoms with van der Waals surface area (Å²) < 4.78 is 5.89. The second-order valence-electron chi connectivity index (χ2n) is 11.2. The maximum atomic E-state index is 13.4. The monoisotopic (exact) mass is 673 g/mol. The number of anilines is 1. The van der Waals surface area contributed by atoms with Crippen molar-refractivity contribution >= 4 is 41.6 Å². The van der Waals surface area contributed by atoms with Gasteiger partial charge in [-0.1, -0.05) is 72.8 Å². The van der Waals surface area contributed by atoms with Gasteiger partial charge in [-0.25, -0.2) is 0 Å². The Labute approximate surface area is 290 Å². The van der Waals surface area contributed by atoms with E-state index < -0.39 is 4.92 Å². The number of non-ortho nitro benzene ring substituents is 1. The van der Waals surface area contributed by atoms with Gasteiger partial charge in [0.25, 0.3) is 5.69 Å². The molecule has 0 bridgehead atoms. The van der Waals surface area contributed by atoms with Crippen LogP contribution in [0.5, 0.6) is 0 Å². The number of nitro benzene ring substituents is 1. The van der Waals surface area contributed by atoms with E-state index >= 15 is 0 Å². The van der Waals surface area contributed by atoms with Gasteiger partial charge in [-0.15, -0.1) is 0 Å². The van der Waals surface area contributed by atoms with Crippen LogP contribution in [0.3, 0.4) is 0 Å². The number of primary amides is 1. The van der Waals surface area contributed by atoms with Crippen molar-refractivity contribution in [2.45, 2.75) is 6.42 Å². The number of hydrogen-bond acceptors (Lipinski definition) is 8. The lowest BCUT2D eigenvalue weighted by atomic mass is 9.99. The van der Waals surface area contributed by atoms with Gasteiger partial charge < -0.3 is 25.7 Å². The molecule has 0 spiro atoms. The van der Waals surface area contributed by atoms with Crippen LogP contribution in [0.4, 0.5) is 11.4 Å². The summed E-state index contributed by atoms with van der Waals surface area (Å²) in [5, 5.41) is 17.1. The fourth-order valence-electron chi connectivity index (χ4n) is 4.98. The summed E-state index contributed by atoms with van der Waals surface area (Å²) in [6.07, 6.45) is 4.03. The predicted octanol–water partition coefficient (Wildman–Crippen LogP) is 6.06. The Morgan fingerprint density at radius 2 is 1.54 bits per heavy atom. The third-order valence-electron chi connectivity index (χ3n) is 7.58. The van der Waals surface area contributed by atoms with Crippen molar-refractivity contribution in [3.05, 3.63) is 153 Å². The number of nitro groups is 1. The van der Waals surface area contributed by atoms with Gasteiger partial charge in [-0.05, 0) is 60.6 Å². The molecule has 1 fully saturated rings. The number of amides is 2. The molecule has 0 unspecified atom stereocenters. The lowest BCUT2D eigenvalue weighted by Gasteiger charge is -2.21. The average molecular weight is 674 g/mol. The molecular formula is C39H39N5O6. The van der Waals surface area contributed by atoms with Gasteiger partial charge >= 0.3 is 0 Å². The van der Waals surface area contributed by atoms with Crippen LogP contribution in [0.25, 0.3) is 23.5 Å². The Hall–Kier alpha value is -6.17. The van der Waals surface area contributed by atoms with Crippen molar-refractivity contribution in [2.24, 2.45) is 5.73 Å². The summed E-state index contributed by atoms with van der Waals surface area (Å²) in [4.78, 5) is 47.6. The summed E-state index contributed by atoms with van der Waals surface area (Å²) in [6, 6.07) is 33.3. The van der Waals surface area contributed by atoms with Crippen LogP contribution in [0, 0.1) is 10.1 Å². The zero-order valence-corrected chi connectivity index (χ0v) is 27.7. The third-order valence-corrected chi connectivity index (χ3v) is 7.58. The molecule has 256 valence electrons. The van der Waals surface area contributed by atoms with Gasteiger partial charge in [0, 0.05) is 55.0 Å². The summed E-state index contributed by atoms with van der Waals surface area (Å²) in [6.45, 7) is 4.74. The molecule has 11 heteroatoms. The molecule has 0 aliphatic carbocycles. The van der Waals surface area contributed by atoms with E-state index in [1.54, 1.807) is 66.7 Å². The molecule has 0 atom stereocenters. The van der Waals surface area contributed by atoms with Crippen LogP contribution >= 0.6 is 0 Å². The molecule has 50 heavy (non-hydrogen) atoms. The SMILES string of the molecule is CN1CCNCC1.NC=O.O=C(Cc1ccccc1)Nc1ccc(/C=C/c2ccc(-c3ccc([N+](=O)[O-])cc3)o2)cc1C(=O)c1ccccc1. The topological polar surface area (TPSA) is 161 Å². The molecule has 1 aromatic heterocycles. The zero-order valence-electron chi connectivity index (χ0n) is 27.7. The second-order valence-corrected chi connectivity index (χ2v) is 11.2. The van der Waals surface area contributed by atoms with Crippen molar-refractivity contribution in [1.29, 1.82) is 0 Å². The number of carbonyl (C=O) groups is 3. The maximum absolute atomic E-state index is 13.4. The first-order valence-electron chi connectivity index (χ1n) is 15.9. The lowest BCUT2D eigenvalue weighted by Crippen LogP contribution is -2.40. The number of benzene rings is 4. The Morgan fingerprint density at radius 1 is 0.900 bits per heavy atom. The molecule has 11 nitrogen and oxygen atoms in total. The quantitative estimate of drug-likeness (QED) is 0.0737. The van der Waals surface area contributed by atoms with Gasteiger partial charge in [0.15, 0.2) is 5.78 Å².